The van der Waals surface area contributed by atoms with E-state index in [1.807, 2.05) is 20.8 Å². The zero-order chi connectivity index (χ0) is 12.2. The molecule has 86 valence electrons. The summed E-state index contributed by atoms with van der Waals surface area (Å²) in [6, 6.07) is 0. The first-order valence-corrected chi connectivity index (χ1v) is 4.59. The first-order valence-electron chi connectivity index (χ1n) is 4.59. The van der Waals surface area contributed by atoms with E-state index in [1.54, 1.807) is 18.2 Å². The largest absolute Gasteiger partial charge is 0.396 e. The van der Waals surface area contributed by atoms with Gasteiger partial charge in [0.05, 0.1) is 0 Å². The van der Waals surface area contributed by atoms with Gasteiger partial charge < -0.3 is 10.2 Å². The summed E-state index contributed by atoms with van der Waals surface area (Å²) >= 11 is 0. The molecule has 2 nitrogen and oxygen atoms in total. The van der Waals surface area contributed by atoms with E-state index >= 15 is 0 Å². The van der Waals surface area contributed by atoms with Gasteiger partial charge >= 0.3 is 0 Å². The molecule has 0 aromatic rings. The molecule has 0 fully saturated rings. The number of allylic oxidation sites excluding steroid dienone is 3. The zero-order valence-electron chi connectivity index (χ0n) is 9.87. The Labute approximate surface area is 89.3 Å². The molecule has 14 heavy (non-hydrogen) atoms. The zero-order valence-corrected chi connectivity index (χ0v) is 9.87. The van der Waals surface area contributed by atoms with Crippen molar-refractivity contribution in [1.29, 1.82) is 0 Å². The summed E-state index contributed by atoms with van der Waals surface area (Å²) in [5, 5.41) is 15.8. The van der Waals surface area contributed by atoms with Crippen LogP contribution in [0.15, 0.2) is 38.0 Å². The van der Waals surface area contributed by atoms with Gasteiger partial charge in [-0.25, -0.2) is 0 Å². The van der Waals surface area contributed by atoms with Crippen LogP contribution in [0.1, 0.15) is 27.2 Å². The van der Waals surface area contributed by atoms with Crippen LogP contribution in [-0.2, 0) is 0 Å². The van der Waals surface area contributed by atoms with Crippen LogP contribution < -0.4 is 0 Å². The third-order valence-corrected chi connectivity index (χ3v) is 0.316. The molecule has 0 atom stereocenters. The lowest BCUT2D eigenvalue weighted by molar-refractivity contribution is 0.221. The fraction of sp³-hybridized carbons (Fsp3) is 0.500. The second-order valence-corrected chi connectivity index (χ2v) is 2.03. The maximum absolute atomic E-state index is 7.91. The summed E-state index contributed by atoms with van der Waals surface area (Å²) in [5.41, 5.74) is 0. The fourth-order valence-electron chi connectivity index (χ4n) is 0.0707. The van der Waals surface area contributed by atoms with E-state index in [-0.39, 0.29) is 13.2 Å². The minimum absolute atomic E-state index is 0.0938. The Morgan fingerprint density at radius 3 is 0.929 bits per heavy atom. The topological polar surface area (TPSA) is 40.5 Å². The van der Waals surface area contributed by atoms with E-state index < -0.39 is 0 Å². The summed E-state index contributed by atoms with van der Waals surface area (Å²) in [6.45, 7) is 15.9. The first kappa shape index (κ1) is 23.2. The fourth-order valence-corrected chi connectivity index (χ4v) is 0.0707. The standard InChI is InChI=1S/C3H8O2.3C3H6/c4-2-1-3-5;3*1-3-2/h4-5H,1-3H2;3*3H,1H2,2H3. The SMILES string of the molecule is C=CC.C=CC.C=CC.OCCCO. The molecule has 0 rings (SSSR count). The molecule has 0 radical (unpaired) electrons. The normalized spacial score (nSPS) is 5.79. The number of rotatable bonds is 2. The van der Waals surface area contributed by atoms with Crippen molar-refractivity contribution in [2.45, 2.75) is 27.2 Å². The van der Waals surface area contributed by atoms with E-state index in [0.717, 1.165) is 0 Å². The molecule has 0 amide bonds. The molecule has 0 heterocycles. The van der Waals surface area contributed by atoms with Crippen LogP contribution in [0.5, 0.6) is 0 Å². The smallest absolute Gasteiger partial charge is 0.0452 e. The lowest BCUT2D eigenvalue weighted by atomic mass is 10.5. The van der Waals surface area contributed by atoms with Crippen molar-refractivity contribution in [3.05, 3.63) is 38.0 Å². The molecule has 0 spiro atoms. The summed E-state index contributed by atoms with van der Waals surface area (Å²) in [7, 11) is 0. The molecule has 0 saturated carbocycles. The molecule has 0 aliphatic rings. The monoisotopic (exact) mass is 202 g/mol. The van der Waals surface area contributed by atoms with Crippen molar-refractivity contribution in [2.24, 2.45) is 0 Å². The van der Waals surface area contributed by atoms with Crippen LogP contribution in [0.4, 0.5) is 0 Å². The minimum atomic E-state index is 0.0938. The number of aliphatic hydroxyl groups is 2. The summed E-state index contributed by atoms with van der Waals surface area (Å²) in [4.78, 5) is 0. The van der Waals surface area contributed by atoms with Crippen molar-refractivity contribution in [3.63, 3.8) is 0 Å². The second kappa shape index (κ2) is 57.0. The van der Waals surface area contributed by atoms with Crippen molar-refractivity contribution < 1.29 is 10.2 Å². The second-order valence-electron chi connectivity index (χ2n) is 2.03. The molecule has 0 unspecified atom stereocenters. The molecule has 0 aliphatic heterocycles. The van der Waals surface area contributed by atoms with Crippen LogP contribution in [0.3, 0.4) is 0 Å². The van der Waals surface area contributed by atoms with Crippen LogP contribution >= 0.6 is 0 Å². The van der Waals surface area contributed by atoms with E-state index in [0.29, 0.717) is 6.42 Å². The molecule has 0 bridgehead atoms. The maximum Gasteiger partial charge on any atom is 0.0452 e. The Hall–Kier alpha value is -0.860. The van der Waals surface area contributed by atoms with E-state index in [1.165, 1.54) is 0 Å². The summed E-state index contributed by atoms with van der Waals surface area (Å²) < 4.78 is 0. The third-order valence-electron chi connectivity index (χ3n) is 0.316. The summed E-state index contributed by atoms with van der Waals surface area (Å²) in [6.07, 6.45) is 5.75. The molecule has 2 N–H and O–H groups in total. The van der Waals surface area contributed by atoms with Gasteiger partial charge in [-0.05, 0) is 27.2 Å². The van der Waals surface area contributed by atoms with Gasteiger partial charge in [0.25, 0.3) is 0 Å². The highest BCUT2D eigenvalue weighted by Gasteiger charge is 1.70. The van der Waals surface area contributed by atoms with Crippen LogP contribution in [-0.4, -0.2) is 23.4 Å². The predicted octanol–water partition coefficient (Wildman–Crippen LogP) is 2.94. The summed E-state index contributed by atoms with van der Waals surface area (Å²) in [5.74, 6) is 0. The van der Waals surface area contributed by atoms with E-state index in [2.05, 4.69) is 19.7 Å². The van der Waals surface area contributed by atoms with Gasteiger partial charge in [0.2, 0.25) is 0 Å². The molecule has 0 aromatic heterocycles. The van der Waals surface area contributed by atoms with E-state index in [9.17, 15) is 0 Å². The Kier molecular flexibility index (Phi) is 94.4. The molecule has 0 aliphatic carbocycles. The maximum atomic E-state index is 7.91. The average molecular weight is 202 g/mol. The Morgan fingerprint density at radius 2 is 0.929 bits per heavy atom. The van der Waals surface area contributed by atoms with Crippen LogP contribution in [0.25, 0.3) is 0 Å². The van der Waals surface area contributed by atoms with Gasteiger partial charge in [0, 0.05) is 13.2 Å². The highest BCUT2D eigenvalue weighted by atomic mass is 16.3. The Morgan fingerprint density at radius 1 is 0.786 bits per heavy atom. The molecule has 2 heteroatoms. The Bertz CT molecular complexity index is 72.1. The van der Waals surface area contributed by atoms with E-state index in [4.69, 9.17) is 10.2 Å². The minimum Gasteiger partial charge on any atom is -0.396 e. The van der Waals surface area contributed by atoms with Gasteiger partial charge in [0.15, 0.2) is 0 Å². The molecular weight excluding hydrogens is 176 g/mol. The van der Waals surface area contributed by atoms with Gasteiger partial charge in [-0.2, -0.15) is 0 Å². The van der Waals surface area contributed by atoms with Gasteiger partial charge in [-0.1, -0.05) is 18.2 Å². The molecule has 0 aromatic carbocycles. The molecular formula is C12H26O2. The van der Waals surface area contributed by atoms with Crippen molar-refractivity contribution in [2.75, 3.05) is 13.2 Å². The lowest BCUT2D eigenvalue weighted by Crippen LogP contribution is -1.85. The highest BCUT2D eigenvalue weighted by Crippen LogP contribution is 1.65. The number of hydrogen-bond donors (Lipinski definition) is 2. The van der Waals surface area contributed by atoms with Crippen molar-refractivity contribution in [1.82, 2.24) is 0 Å². The number of hydrogen-bond acceptors (Lipinski definition) is 2. The first-order chi connectivity index (χ1) is 6.66. The quantitative estimate of drug-likeness (QED) is 0.676. The average Bonchev–Trinajstić information content (AvgIpc) is 2.09. The Balaban J connectivity index is -0.0000000495. The predicted molar refractivity (Wildman–Crippen MR) is 66.4 cm³/mol. The highest BCUT2D eigenvalue weighted by molar-refractivity contribution is 4.52. The molecule has 0 saturated heterocycles. The van der Waals surface area contributed by atoms with Gasteiger partial charge in [-0.15, -0.1) is 19.7 Å². The lowest BCUT2D eigenvalue weighted by Gasteiger charge is -1.79. The van der Waals surface area contributed by atoms with Gasteiger partial charge in [-0.3, -0.25) is 0 Å². The van der Waals surface area contributed by atoms with Crippen LogP contribution in [0.2, 0.25) is 0 Å². The number of aliphatic hydroxyl groups excluding tert-OH is 2. The van der Waals surface area contributed by atoms with Crippen molar-refractivity contribution in [3.8, 4) is 0 Å². The van der Waals surface area contributed by atoms with Crippen molar-refractivity contribution >= 4 is 0 Å². The third kappa shape index (κ3) is 881. The van der Waals surface area contributed by atoms with Crippen LogP contribution in [0, 0.1) is 0 Å². The van der Waals surface area contributed by atoms with Gasteiger partial charge in [0.1, 0.15) is 0 Å².